The molecule has 4 aliphatic carbocycles. The van der Waals surface area contributed by atoms with Gasteiger partial charge in [0.25, 0.3) is 0 Å². The van der Waals surface area contributed by atoms with Crippen molar-refractivity contribution in [1.82, 2.24) is 0 Å². The topological polar surface area (TPSA) is 0 Å². The highest BCUT2D eigenvalue weighted by Gasteiger charge is 2.87. The van der Waals surface area contributed by atoms with Gasteiger partial charge in [0.2, 0.25) is 0 Å². The summed E-state index contributed by atoms with van der Waals surface area (Å²) >= 11 is 45.0. The second-order valence-electron chi connectivity index (χ2n) is 6.13. The molecule has 0 aromatic rings. The van der Waals surface area contributed by atoms with E-state index >= 15 is 0 Å². The molecular weight excluding hydrogens is 611 g/mol. The van der Waals surface area contributed by atoms with Gasteiger partial charge in [-0.1, -0.05) is 91.6 Å². The SMILES string of the molecule is ClC1=C(Cl)[C@@]2(Cl)[C@H]3[C@H]4C[C@@H]([C@H](I)[C@H]4I)[C@H]3[C@@]1(Cl)C2(Cl)Cl. The lowest BCUT2D eigenvalue weighted by Gasteiger charge is -2.43. The maximum absolute atomic E-state index is 6.90. The molecular formula is C12H8Cl6I2. The molecule has 0 radical (unpaired) electrons. The molecule has 0 spiro atoms. The van der Waals surface area contributed by atoms with E-state index in [1.54, 1.807) is 0 Å². The molecule has 4 rings (SSSR count). The minimum absolute atomic E-state index is 0.101. The fourth-order valence-electron chi connectivity index (χ4n) is 4.92. The highest BCUT2D eigenvalue weighted by Crippen LogP contribution is 2.83. The lowest BCUT2D eigenvalue weighted by molar-refractivity contribution is 0.238. The first-order chi connectivity index (χ1) is 9.11. The van der Waals surface area contributed by atoms with Crippen molar-refractivity contribution in [3.63, 3.8) is 0 Å². The lowest BCUT2D eigenvalue weighted by atomic mass is 9.72. The zero-order valence-electron chi connectivity index (χ0n) is 9.69. The molecule has 0 aromatic heterocycles. The van der Waals surface area contributed by atoms with Crippen molar-refractivity contribution in [2.24, 2.45) is 23.7 Å². The lowest BCUT2D eigenvalue weighted by Crippen LogP contribution is -2.46. The Labute approximate surface area is 174 Å². The smallest absolute Gasteiger partial charge is 0.109 e. The second-order valence-corrected chi connectivity index (χ2v) is 12.3. The first-order valence-corrected chi connectivity index (χ1v) is 11.0. The number of rotatable bonds is 0. The molecule has 0 heterocycles. The molecule has 4 bridgehead atoms. The summed E-state index contributed by atoms with van der Waals surface area (Å²) in [4.78, 5) is -2.11. The Balaban J connectivity index is 1.98. The molecule has 0 aliphatic heterocycles. The summed E-state index contributed by atoms with van der Waals surface area (Å²) in [6.45, 7) is 0. The maximum atomic E-state index is 6.90. The van der Waals surface area contributed by atoms with Crippen LogP contribution in [0.5, 0.6) is 0 Å². The molecule has 0 aromatic carbocycles. The monoisotopic (exact) mass is 616 g/mol. The van der Waals surface area contributed by atoms with Crippen molar-refractivity contribution in [2.45, 2.75) is 28.4 Å². The van der Waals surface area contributed by atoms with Crippen LogP contribution in [0.2, 0.25) is 0 Å². The highest BCUT2D eigenvalue weighted by atomic mass is 127. The summed E-state index contributed by atoms with van der Waals surface area (Å²) in [6.07, 6.45) is 1.11. The fourth-order valence-corrected chi connectivity index (χ4v) is 10.6. The Bertz CT molecular complexity index is 506. The van der Waals surface area contributed by atoms with Gasteiger partial charge in [-0.2, -0.15) is 0 Å². The van der Waals surface area contributed by atoms with E-state index in [1.807, 2.05) is 0 Å². The van der Waals surface area contributed by atoms with E-state index in [4.69, 9.17) is 69.6 Å². The van der Waals surface area contributed by atoms with E-state index in [2.05, 4.69) is 45.2 Å². The van der Waals surface area contributed by atoms with E-state index < -0.39 is 14.1 Å². The van der Waals surface area contributed by atoms with Crippen LogP contribution in [-0.4, -0.2) is 21.9 Å². The summed E-state index contributed by atoms with van der Waals surface area (Å²) in [6, 6.07) is 0. The summed E-state index contributed by atoms with van der Waals surface area (Å²) < 4.78 is -0.273. The van der Waals surface area contributed by atoms with Gasteiger partial charge in [-0.15, -0.1) is 23.2 Å². The molecule has 0 N–H and O–H groups in total. The number of fused-ring (bicyclic) bond motifs is 9. The summed E-state index contributed by atoms with van der Waals surface area (Å²) in [7, 11) is 0. The molecule has 4 aliphatic rings. The van der Waals surface area contributed by atoms with E-state index in [9.17, 15) is 0 Å². The van der Waals surface area contributed by atoms with E-state index in [1.165, 1.54) is 0 Å². The molecule has 0 nitrogen and oxygen atoms in total. The molecule has 0 amide bonds. The number of hydrogen-bond donors (Lipinski definition) is 0. The Hall–Kier alpha value is 2.94. The minimum atomic E-state index is -1.36. The normalized spacial score (nSPS) is 62.4. The van der Waals surface area contributed by atoms with Gasteiger partial charge < -0.3 is 0 Å². The molecule has 0 unspecified atom stereocenters. The van der Waals surface area contributed by atoms with Gasteiger partial charge in [-0.3, -0.25) is 0 Å². The van der Waals surface area contributed by atoms with E-state index in [0.29, 0.717) is 29.7 Å². The van der Waals surface area contributed by atoms with Crippen LogP contribution in [-0.2, 0) is 0 Å². The molecule has 3 saturated carbocycles. The van der Waals surface area contributed by atoms with Crippen LogP contribution in [0.1, 0.15) is 6.42 Å². The Morgan fingerprint density at radius 1 is 0.800 bits per heavy atom. The number of allylic oxidation sites excluding steroid dienone is 2. The molecule has 0 saturated heterocycles. The van der Waals surface area contributed by atoms with Crippen molar-refractivity contribution in [2.75, 3.05) is 0 Å². The average molecular weight is 619 g/mol. The van der Waals surface area contributed by atoms with Crippen LogP contribution in [0, 0.1) is 23.7 Å². The zero-order chi connectivity index (χ0) is 14.8. The first kappa shape index (κ1) is 16.4. The Kier molecular flexibility index (Phi) is 3.74. The molecule has 8 heteroatoms. The van der Waals surface area contributed by atoms with Crippen LogP contribution in [0.15, 0.2) is 10.1 Å². The fraction of sp³-hybridized carbons (Fsp3) is 0.833. The Morgan fingerprint density at radius 2 is 1.15 bits per heavy atom. The van der Waals surface area contributed by atoms with Crippen molar-refractivity contribution < 1.29 is 0 Å². The quantitative estimate of drug-likeness (QED) is 0.169. The van der Waals surface area contributed by atoms with Crippen LogP contribution < -0.4 is 0 Å². The zero-order valence-corrected chi connectivity index (χ0v) is 18.5. The van der Waals surface area contributed by atoms with Gasteiger partial charge >= 0.3 is 0 Å². The van der Waals surface area contributed by atoms with Gasteiger partial charge in [-0.25, -0.2) is 0 Å². The van der Waals surface area contributed by atoms with Gasteiger partial charge in [0.1, 0.15) is 9.75 Å². The first-order valence-electron chi connectivity index (χ1n) is 6.21. The van der Waals surface area contributed by atoms with Crippen LogP contribution in [0.3, 0.4) is 0 Å². The number of alkyl halides is 6. The van der Waals surface area contributed by atoms with E-state index in [0.717, 1.165) is 6.42 Å². The number of hydrogen-bond acceptors (Lipinski definition) is 0. The predicted octanol–water partition coefficient (Wildman–Crippen LogP) is 6.32. The average Bonchev–Trinajstić information content (AvgIpc) is 2.97. The van der Waals surface area contributed by atoms with Crippen LogP contribution in [0.4, 0.5) is 0 Å². The largest absolute Gasteiger partial charge is 0.166 e. The van der Waals surface area contributed by atoms with Crippen molar-refractivity contribution in [1.29, 1.82) is 0 Å². The van der Waals surface area contributed by atoms with Crippen LogP contribution >= 0.6 is 115 Å². The molecule has 8 atom stereocenters. The molecule has 112 valence electrons. The van der Waals surface area contributed by atoms with Gasteiger partial charge in [0.15, 0.2) is 4.33 Å². The number of halogens is 8. The van der Waals surface area contributed by atoms with Crippen molar-refractivity contribution in [3.8, 4) is 0 Å². The van der Waals surface area contributed by atoms with Gasteiger partial charge in [-0.05, 0) is 30.1 Å². The van der Waals surface area contributed by atoms with Crippen molar-refractivity contribution in [3.05, 3.63) is 10.1 Å². The Morgan fingerprint density at radius 3 is 1.50 bits per heavy atom. The summed E-state index contributed by atoms with van der Waals surface area (Å²) in [5, 5.41) is 0.700. The second kappa shape index (κ2) is 4.56. The van der Waals surface area contributed by atoms with Crippen molar-refractivity contribution >= 4 is 115 Å². The third-order valence-electron chi connectivity index (χ3n) is 5.64. The summed E-state index contributed by atoms with van der Waals surface area (Å²) in [5.41, 5.74) is 0. The third-order valence-corrected chi connectivity index (χ3v) is 14.7. The van der Waals surface area contributed by atoms with Gasteiger partial charge in [0, 0.05) is 7.85 Å². The highest BCUT2D eigenvalue weighted by molar-refractivity contribution is 14.1. The standard InChI is InChI=1S/C12H8Cl6I2/c13-8-9(14)11(16)5-3-1-2(6(19)7(3)20)4(5)10(8,15)12(11,17)18/h2-7H,1H2/t2-,3-,4-,5+,6+,7+,10+,11+/m1/s1. The maximum Gasteiger partial charge on any atom is 0.166 e. The summed E-state index contributed by atoms with van der Waals surface area (Å²) in [5.74, 6) is 1.09. The van der Waals surface area contributed by atoms with Gasteiger partial charge in [0.05, 0.1) is 10.1 Å². The molecule has 3 fully saturated rings. The predicted molar refractivity (Wildman–Crippen MR) is 105 cm³/mol. The van der Waals surface area contributed by atoms with Crippen LogP contribution in [0.25, 0.3) is 0 Å². The molecule has 20 heavy (non-hydrogen) atoms. The minimum Gasteiger partial charge on any atom is -0.109 e. The third kappa shape index (κ3) is 1.41. The van der Waals surface area contributed by atoms with E-state index in [-0.39, 0.29) is 11.8 Å².